The highest BCUT2D eigenvalue weighted by molar-refractivity contribution is 5.95. The van der Waals surface area contributed by atoms with Crippen molar-refractivity contribution in [1.82, 2.24) is 14.9 Å². The Morgan fingerprint density at radius 2 is 1.77 bits per heavy atom. The van der Waals surface area contributed by atoms with Crippen LogP contribution in [-0.2, 0) is 0 Å². The SMILES string of the molecule is Cc1cccc(Nc2cccc([C@@H]3CCCN3C(=O)c3ccc4c(c3)OCCO4)n2)n1. The lowest BCUT2D eigenvalue weighted by molar-refractivity contribution is 0.0732. The summed E-state index contributed by atoms with van der Waals surface area (Å²) in [5.41, 5.74) is 2.42. The van der Waals surface area contributed by atoms with Crippen molar-refractivity contribution in [3.63, 3.8) is 0 Å². The molecule has 0 radical (unpaired) electrons. The van der Waals surface area contributed by atoms with E-state index in [1.54, 1.807) is 12.1 Å². The fraction of sp³-hybridized carbons (Fsp3) is 0.292. The van der Waals surface area contributed by atoms with E-state index in [2.05, 4.69) is 10.3 Å². The molecule has 2 aliphatic rings. The second kappa shape index (κ2) is 8.26. The van der Waals surface area contributed by atoms with Crippen LogP contribution in [-0.4, -0.2) is 40.5 Å². The third-order valence-corrected chi connectivity index (χ3v) is 5.56. The summed E-state index contributed by atoms with van der Waals surface area (Å²) in [6, 6.07) is 17.0. The van der Waals surface area contributed by atoms with Crippen molar-refractivity contribution in [2.24, 2.45) is 0 Å². The molecule has 7 nitrogen and oxygen atoms in total. The zero-order valence-electron chi connectivity index (χ0n) is 17.4. The van der Waals surface area contributed by atoms with E-state index in [9.17, 15) is 4.79 Å². The molecule has 0 bridgehead atoms. The molecule has 2 aliphatic heterocycles. The monoisotopic (exact) mass is 416 g/mol. The zero-order chi connectivity index (χ0) is 21.2. The molecule has 0 saturated carbocycles. The summed E-state index contributed by atoms with van der Waals surface area (Å²) in [6.45, 7) is 3.69. The topological polar surface area (TPSA) is 76.6 Å². The number of hydrogen-bond donors (Lipinski definition) is 1. The summed E-state index contributed by atoms with van der Waals surface area (Å²) in [5.74, 6) is 2.77. The third kappa shape index (κ3) is 4.03. The molecule has 31 heavy (non-hydrogen) atoms. The van der Waals surface area contributed by atoms with Crippen LogP contribution in [0.5, 0.6) is 11.5 Å². The molecule has 0 spiro atoms. The second-order valence-corrected chi connectivity index (χ2v) is 7.75. The van der Waals surface area contributed by atoms with Crippen LogP contribution in [0.1, 0.15) is 40.6 Å². The van der Waals surface area contributed by atoms with E-state index in [1.165, 1.54) is 0 Å². The normalized spacial score (nSPS) is 17.5. The predicted octanol–water partition coefficient (Wildman–Crippen LogP) is 4.28. The summed E-state index contributed by atoms with van der Waals surface area (Å²) in [6.07, 6.45) is 1.83. The second-order valence-electron chi connectivity index (χ2n) is 7.75. The van der Waals surface area contributed by atoms with Crippen LogP contribution in [0.4, 0.5) is 11.6 Å². The molecule has 1 atom stereocenters. The molecular weight excluding hydrogens is 392 g/mol. The van der Waals surface area contributed by atoms with Crippen LogP contribution in [0.3, 0.4) is 0 Å². The Kier molecular flexibility index (Phi) is 5.16. The van der Waals surface area contributed by atoms with Gasteiger partial charge in [-0.15, -0.1) is 0 Å². The number of aromatic nitrogens is 2. The van der Waals surface area contributed by atoms with Crippen LogP contribution < -0.4 is 14.8 Å². The number of aryl methyl sites for hydroxylation is 1. The zero-order valence-corrected chi connectivity index (χ0v) is 17.4. The van der Waals surface area contributed by atoms with Crippen LogP contribution in [0.2, 0.25) is 0 Å². The van der Waals surface area contributed by atoms with Gasteiger partial charge in [0.15, 0.2) is 11.5 Å². The van der Waals surface area contributed by atoms with Crippen LogP contribution >= 0.6 is 0 Å². The van der Waals surface area contributed by atoms with E-state index in [1.807, 2.05) is 54.3 Å². The molecule has 3 aromatic rings. The number of amides is 1. The molecule has 1 aromatic carbocycles. The van der Waals surface area contributed by atoms with Gasteiger partial charge in [0.2, 0.25) is 0 Å². The molecular formula is C24H24N4O3. The molecule has 1 amide bonds. The highest BCUT2D eigenvalue weighted by Crippen LogP contribution is 2.35. The van der Waals surface area contributed by atoms with Crippen LogP contribution in [0.15, 0.2) is 54.6 Å². The molecule has 1 N–H and O–H groups in total. The van der Waals surface area contributed by atoms with Gasteiger partial charge in [0.05, 0.1) is 11.7 Å². The van der Waals surface area contributed by atoms with Crippen LogP contribution in [0.25, 0.3) is 0 Å². The Bertz CT molecular complexity index is 1120. The number of anilines is 2. The average Bonchev–Trinajstić information content (AvgIpc) is 3.28. The first kappa shape index (κ1) is 19.4. The Morgan fingerprint density at radius 3 is 2.61 bits per heavy atom. The molecule has 0 aliphatic carbocycles. The third-order valence-electron chi connectivity index (χ3n) is 5.56. The Morgan fingerprint density at radius 1 is 1.00 bits per heavy atom. The number of ether oxygens (including phenoxy) is 2. The van der Waals surface area contributed by atoms with Gasteiger partial charge < -0.3 is 19.7 Å². The van der Waals surface area contributed by atoms with Crippen molar-refractivity contribution in [3.05, 3.63) is 71.5 Å². The number of fused-ring (bicyclic) bond motifs is 1. The van der Waals surface area contributed by atoms with Crippen molar-refractivity contribution >= 4 is 17.5 Å². The Balaban J connectivity index is 1.37. The maximum absolute atomic E-state index is 13.3. The Labute approximate surface area is 181 Å². The number of nitrogens with zero attached hydrogens (tertiary/aromatic N) is 3. The van der Waals surface area contributed by atoms with Gasteiger partial charge in [0.25, 0.3) is 5.91 Å². The van der Waals surface area contributed by atoms with E-state index in [0.29, 0.717) is 42.6 Å². The first-order valence-corrected chi connectivity index (χ1v) is 10.6. The lowest BCUT2D eigenvalue weighted by atomic mass is 10.1. The van der Waals surface area contributed by atoms with Gasteiger partial charge in [-0.3, -0.25) is 4.79 Å². The van der Waals surface area contributed by atoms with E-state index in [4.69, 9.17) is 14.5 Å². The summed E-state index contributed by atoms with van der Waals surface area (Å²) in [5, 5.41) is 3.26. The number of rotatable bonds is 4. The number of pyridine rings is 2. The van der Waals surface area contributed by atoms with Gasteiger partial charge >= 0.3 is 0 Å². The molecule has 158 valence electrons. The van der Waals surface area contributed by atoms with E-state index in [-0.39, 0.29) is 11.9 Å². The van der Waals surface area contributed by atoms with Crippen molar-refractivity contribution in [2.45, 2.75) is 25.8 Å². The molecule has 5 rings (SSSR count). The minimum absolute atomic E-state index is 0.0139. The highest BCUT2D eigenvalue weighted by Gasteiger charge is 2.32. The van der Waals surface area contributed by atoms with Crippen molar-refractivity contribution < 1.29 is 14.3 Å². The number of likely N-dealkylation sites (tertiary alicyclic amines) is 1. The fourth-order valence-electron chi connectivity index (χ4n) is 4.11. The van der Waals surface area contributed by atoms with Gasteiger partial charge in [-0.2, -0.15) is 0 Å². The summed E-state index contributed by atoms with van der Waals surface area (Å²) < 4.78 is 11.2. The first-order chi connectivity index (χ1) is 15.2. The smallest absolute Gasteiger partial charge is 0.254 e. The van der Waals surface area contributed by atoms with Crippen molar-refractivity contribution in [2.75, 3.05) is 25.1 Å². The first-order valence-electron chi connectivity index (χ1n) is 10.6. The summed E-state index contributed by atoms with van der Waals surface area (Å²) in [7, 11) is 0. The summed E-state index contributed by atoms with van der Waals surface area (Å²) in [4.78, 5) is 24.5. The molecule has 7 heteroatoms. The van der Waals surface area contributed by atoms with Gasteiger partial charge in [-0.05, 0) is 62.2 Å². The molecule has 0 unspecified atom stereocenters. The number of carbonyl (C=O) groups is 1. The quantitative estimate of drug-likeness (QED) is 0.684. The van der Waals surface area contributed by atoms with Gasteiger partial charge in [0.1, 0.15) is 24.8 Å². The number of nitrogens with one attached hydrogen (secondary N) is 1. The van der Waals surface area contributed by atoms with E-state index in [0.717, 1.165) is 30.0 Å². The van der Waals surface area contributed by atoms with Crippen molar-refractivity contribution in [1.29, 1.82) is 0 Å². The van der Waals surface area contributed by atoms with Gasteiger partial charge in [-0.25, -0.2) is 9.97 Å². The molecule has 4 heterocycles. The van der Waals surface area contributed by atoms with Crippen molar-refractivity contribution in [3.8, 4) is 11.5 Å². The standard InChI is InChI=1S/C24H24N4O3/c1-16-5-2-8-22(25-16)27-23-9-3-6-18(26-23)19-7-4-12-28(19)24(29)17-10-11-20-21(15-17)31-14-13-30-20/h2-3,5-6,8-11,15,19H,4,7,12-14H2,1H3,(H,25,26,27)/t19-/m0/s1. The molecule has 1 fully saturated rings. The van der Waals surface area contributed by atoms with E-state index < -0.39 is 0 Å². The lowest BCUT2D eigenvalue weighted by Crippen LogP contribution is -2.31. The highest BCUT2D eigenvalue weighted by atomic mass is 16.6. The largest absolute Gasteiger partial charge is 0.486 e. The minimum atomic E-state index is -0.0621. The van der Waals surface area contributed by atoms with Gasteiger partial charge in [0, 0.05) is 17.8 Å². The minimum Gasteiger partial charge on any atom is -0.486 e. The molecule has 1 saturated heterocycles. The fourth-order valence-corrected chi connectivity index (χ4v) is 4.11. The van der Waals surface area contributed by atoms with E-state index >= 15 is 0 Å². The Hall–Kier alpha value is -3.61. The number of carbonyl (C=O) groups excluding carboxylic acids is 1. The number of hydrogen-bond acceptors (Lipinski definition) is 6. The average molecular weight is 416 g/mol. The van der Waals surface area contributed by atoms with Crippen LogP contribution in [0, 0.1) is 6.92 Å². The maximum atomic E-state index is 13.3. The lowest BCUT2D eigenvalue weighted by Gasteiger charge is -2.25. The maximum Gasteiger partial charge on any atom is 0.254 e. The number of benzene rings is 1. The summed E-state index contributed by atoms with van der Waals surface area (Å²) >= 11 is 0. The molecule has 2 aromatic heterocycles. The van der Waals surface area contributed by atoms with Gasteiger partial charge in [-0.1, -0.05) is 12.1 Å². The predicted molar refractivity (Wildman–Crippen MR) is 117 cm³/mol.